The molecule has 3 rings (SSSR count). The Labute approximate surface area is 128 Å². The molecule has 0 fully saturated rings. The Morgan fingerprint density at radius 1 is 0.818 bits per heavy atom. The highest BCUT2D eigenvalue weighted by atomic mass is 16.5. The molecule has 0 saturated carbocycles. The summed E-state index contributed by atoms with van der Waals surface area (Å²) in [6.45, 7) is 1.24. The Morgan fingerprint density at radius 2 is 1.50 bits per heavy atom. The second-order valence-electron chi connectivity index (χ2n) is 4.61. The van der Waals surface area contributed by atoms with Crippen LogP contribution in [0.4, 0.5) is 0 Å². The molecule has 0 N–H and O–H groups in total. The molecule has 22 heavy (non-hydrogen) atoms. The van der Waals surface area contributed by atoms with Crippen molar-refractivity contribution in [2.75, 3.05) is 13.2 Å². The Hall–Kier alpha value is -2.89. The van der Waals surface area contributed by atoms with E-state index in [1.165, 1.54) is 0 Å². The van der Waals surface area contributed by atoms with Crippen molar-refractivity contribution in [2.24, 2.45) is 0 Å². The summed E-state index contributed by atoms with van der Waals surface area (Å²) in [5, 5.41) is 11.0. The average Bonchev–Trinajstić information content (AvgIpc) is 3.11. The highest BCUT2D eigenvalue weighted by molar-refractivity contribution is 5.36. The molecule has 0 saturated heterocycles. The van der Waals surface area contributed by atoms with Gasteiger partial charge in [-0.05, 0) is 46.8 Å². The summed E-state index contributed by atoms with van der Waals surface area (Å²) in [6, 6.07) is 17.4. The molecule has 0 spiro atoms. The van der Waals surface area contributed by atoms with Crippen LogP contribution in [0.5, 0.6) is 11.5 Å². The topological polar surface area (TPSA) is 62.1 Å². The van der Waals surface area contributed by atoms with Gasteiger partial charge in [-0.1, -0.05) is 18.2 Å². The van der Waals surface area contributed by atoms with Crippen LogP contribution in [0, 0.1) is 0 Å². The van der Waals surface area contributed by atoms with Crippen molar-refractivity contribution in [3.63, 3.8) is 0 Å². The van der Waals surface area contributed by atoms with E-state index in [0.717, 1.165) is 23.6 Å². The normalized spacial score (nSPS) is 10.4. The summed E-state index contributed by atoms with van der Waals surface area (Å²) in [6.07, 6.45) is 2.38. The molecule has 6 nitrogen and oxygen atoms in total. The minimum atomic E-state index is 0.608. The first-order valence-corrected chi connectivity index (χ1v) is 7.06. The number of para-hydroxylation sites is 1. The maximum Gasteiger partial charge on any atom is 0.143 e. The van der Waals surface area contributed by atoms with Crippen LogP contribution in [0.15, 0.2) is 60.9 Å². The summed E-state index contributed by atoms with van der Waals surface area (Å²) < 4.78 is 12.9. The molecule has 0 radical (unpaired) electrons. The predicted molar refractivity (Wildman–Crippen MR) is 81.2 cm³/mol. The first kappa shape index (κ1) is 14.1. The van der Waals surface area contributed by atoms with E-state index in [-0.39, 0.29) is 0 Å². The number of aromatic nitrogens is 4. The number of hydrogen-bond acceptors (Lipinski definition) is 5. The largest absolute Gasteiger partial charge is 0.493 e. The third-order valence-electron chi connectivity index (χ3n) is 3.02. The first-order valence-electron chi connectivity index (χ1n) is 7.06. The fraction of sp³-hybridized carbons (Fsp3) is 0.188. The van der Waals surface area contributed by atoms with E-state index in [1.54, 1.807) is 11.0 Å². The van der Waals surface area contributed by atoms with Gasteiger partial charge >= 0.3 is 0 Å². The second kappa shape index (κ2) is 7.21. The molecule has 3 aromatic rings. The lowest BCUT2D eigenvalue weighted by molar-refractivity contribution is 0.247. The van der Waals surface area contributed by atoms with Crippen molar-refractivity contribution < 1.29 is 9.47 Å². The van der Waals surface area contributed by atoms with Crippen LogP contribution in [0.25, 0.3) is 5.69 Å². The molecule has 0 unspecified atom stereocenters. The van der Waals surface area contributed by atoms with Gasteiger partial charge in [0, 0.05) is 6.42 Å². The van der Waals surface area contributed by atoms with Crippen LogP contribution >= 0.6 is 0 Å². The minimum absolute atomic E-state index is 0.608. The zero-order valence-electron chi connectivity index (χ0n) is 12.0. The van der Waals surface area contributed by atoms with Crippen LogP contribution < -0.4 is 9.47 Å². The van der Waals surface area contributed by atoms with Crippen LogP contribution in [-0.4, -0.2) is 33.4 Å². The zero-order chi connectivity index (χ0) is 15.0. The van der Waals surface area contributed by atoms with Crippen molar-refractivity contribution in [1.29, 1.82) is 0 Å². The molecule has 2 aromatic carbocycles. The van der Waals surface area contributed by atoms with Gasteiger partial charge in [-0.25, -0.2) is 4.68 Å². The van der Waals surface area contributed by atoms with Crippen LogP contribution in [0.2, 0.25) is 0 Å². The number of benzene rings is 2. The Morgan fingerprint density at radius 3 is 2.14 bits per heavy atom. The molecule has 6 heteroatoms. The van der Waals surface area contributed by atoms with Crippen molar-refractivity contribution in [2.45, 2.75) is 6.42 Å². The summed E-state index contributed by atoms with van der Waals surface area (Å²) in [4.78, 5) is 0. The molecule has 1 heterocycles. The lowest BCUT2D eigenvalue weighted by Crippen LogP contribution is -2.05. The molecular formula is C16H16N4O2. The van der Waals surface area contributed by atoms with Gasteiger partial charge < -0.3 is 9.47 Å². The monoisotopic (exact) mass is 296 g/mol. The van der Waals surface area contributed by atoms with Gasteiger partial charge in [-0.3, -0.25) is 0 Å². The molecular weight excluding hydrogens is 280 g/mol. The van der Waals surface area contributed by atoms with Crippen molar-refractivity contribution >= 4 is 0 Å². The molecule has 0 atom stereocenters. The van der Waals surface area contributed by atoms with E-state index in [1.807, 2.05) is 54.6 Å². The third-order valence-corrected chi connectivity index (χ3v) is 3.02. The molecule has 112 valence electrons. The van der Waals surface area contributed by atoms with Crippen molar-refractivity contribution in [3.8, 4) is 17.2 Å². The Kier molecular flexibility index (Phi) is 4.61. The standard InChI is InChI=1S/C16H16N4O2/c1-2-5-15(6-3-1)21-11-4-12-22-16-9-7-14(8-10-16)20-13-17-18-19-20/h1-3,5-10,13H,4,11-12H2. The van der Waals surface area contributed by atoms with E-state index in [9.17, 15) is 0 Å². The first-order chi connectivity index (χ1) is 10.9. The Bertz CT molecular complexity index is 669. The van der Waals surface area contributed by atoms with E-state index >= 15 is 0 Å². The van der Waals surface area contributed by atoms with Gasteiger partial charge in [0.25, 0.3) is 0 Å². The fourth-order valence-corrected chi connectivity index (χ4v) is 1.93. The minimum Gasteiger partial charge on any atom is -0.493 e. The Balaban J connectivity index is 1.40. The van der Waals surface area contributed by atoms with Gasteiger partial charge in [0.05, 0.1) is 18.9 Å². The van der Waals surface area contributed by atoms with Gasteiger partial charge in [-0.15, -0.1) is 5.10 Å². The van der Waals surface area contributed by atoms with Crippen LogP contribution in [0.3, 0.4) is 0 Å². The quantitative estimate of drug-likeness (QED) is 0.627. The summed E-state index contributed by atoms with van der Waals surface area (Å²) in [5.74, 6) is 1.70. The van der Waals surface area contributed by atoms with Gasteiger partial charge in [0.15, 0.2) is 0 Å². The zero-order valence-corrected chi connectivity index (χ0v) is 12.0. The average molecular weight is 296 g/mol. The molecule has 0 aliphatic heterocycles. The van der Waals surface area contributed by atoms with Gasteiger partial charge in [-0.2, -0.15) is 0 Å². The molecule has 0 aliphatic carbocycles. The third kappa shape index (κ3) is 3.82. The smallest absolute Gasteiger partial charge is 0.143 e. The van der Waals surface area contributed by atoms with Crippen molar-refractivity contribution in [1.82, 2.24) is 20.2 Å². The van der Waals surface area contributed by atoms with Gasteiger partial charge in [0.1, 0.15) is 17.8 Å². The number of hydrogen-bond donors (Lipinski definition) is 0. The predicted octanol–water partition coefficient (Wildman–Crippen LogP) is 2.51. The van der Waals surface area contributed by atoms with E-state index < -0.39 is 0 Å². The van der Waals surface area contributed by atoms with Gasteiger partial charge in [0.2, 0.25) is 0 Å². The number of tetrazole rings is 1. The molecule has 0 amide bonds. The van der Waals surface area contributed by atoms with Crippen LogP contribution in [0.1, 0.15) is 6.42 Å². The lowest BCUT2D eigenvalue weighted by atomic mass is 10.3. The summed E-state index contributed by atoms with van der Waals surface area (Å²) in [7, 11) is 0. The van der Waals surface area contributed by atoms with E-state index in [0.29, 0.717) is 13.2 Å². The SMILES string of the molecule is c1ccc(OCCCOc2ccc(-n3cnnn3)cc2)cc1. The van der Waals surface area contributed by atoms with E-state index in [4.69, 9.17) is 9.47 Å². The summed E-state index contributed by atoms with van der Waals surface area (Å²) >= 11 is 0. The number of rotatable bonds is 7. The van der Waals surface area contributed by atoms with E-state index in [2.05, 4.69) is 15.5 Å². The fourth-order valence-electron chi connectivity index (χ4n) is 1.93. The second-order valence-corrected chi connectivity index (χ2v) is 4.61. The molecule has 1 aromatic heterocycles. The maximum absolute atomic E-state index is 5.68. The molecule has 0 bridgehead atoms. The lowest BCUT2D eigenvalue weighted by Gasteiger charge is -2.08. The summed E-state index contributed by atoms with van der Waals surface area (Å²) in [5.41, 5.74) is 0.893. The number of ether oxygens (including phenoxy) is 2. The number of nitrogens with zero attached hydrogens (tertiary/aromatic N) is 4. The highest BCUT2D eigenvalue weighted by Gasteiger charge is 1.99. The highest BCUT2D eigenvalue weighted by Crippen LogP contribution is 2.14. The van der Waals surface area contributed by atoms with Crippen LogP contribution in [-0.2, 0) is 0 Å². The van der Waals surface area contributed by atoms with Crippen molar-refractivity contribution in [3.05, 3.63) is 60.9 Å². The maximum atomic E-state index is 5.68. The molecule has 0 aliphatic rings.